The number of amides is 1. The average Bonchev–Trinajstić information content (AvgIpc) is 3.06. The van der Waals surface area contributed by atoms with E-state index in [4.69, 9.17) is 5.73 Å². The molecule has 3 aromatic heterocycles. The molecule has 0 aliphatic carbocycles. The number of nitrogens with two attached hydrogens (primary N) is 1. The summed E-state index contributed by atoms with van der Waals surface area (Å²) in [5.41, 5.74) is 6.60. The first-order valence-corrected chi connectivity index (χ1v) is 8.14. The second-order valence-corrected chi connectivity index (χ2v) is 6.16. The summed E-state index contributed by atoms with van der Waals surface area (Å²) in [6, 6.07) is 6.59. The molecular formula is C17H17FN6O. The number of pyridine rings is 2. The standard InChI is InChI=1S/C17H17FN6O/c18-12-5-6-13(24-8-2-3-10(9-24)16(19)25)21-15(12)14-11-4-1-7-20-17(11)23-22-14/h1,4-7,10H,2-3,8-9H2,(H2,19,25)(H,20,22,23). The minimum Gasteiger partial charge on any atom is -0.369 e. The molecule has 1 fully saturated rings. The minimum absolute atomic E-state index is 0.165. The molecule has 1 aliphatic rings. The number of fused-ring (bicyclic) bond motifs is 1. The van der Waals surface area contributed by atoms with Crippen LogP contribution in [0.4, 0.5) is 10.2 Å². The van der Waals surface area contributed by atoms with Crippen molar-refractivity contribution in [2.75, 3.05) is 18.0 Å². The highest BCUT2D eigenvalue weighted by Crippen LogP contribution is 2.29. The molecule has 128 valence electrons. The van der Waals surface area contributed by atoms with Crippen LogP contribution in [-0.2, 0) is 4.79 Å². The Kier molecular flexibility index (Phi) is 3.79. The van der Waals surface area contributed by atoms with Crippen molar-refractivity contribution >= 4 is 22.8 Å². The van der Waals surface area contributed by atoms with Gasteiger partial charge in [0.05, 0.1) is 5.92 Å². The quantitative estimate of drug-likeness (QED) is 0.758. The summed E-state index contributed by atoms with van der Waals surface area (Å²) >= 11 is 0. The summed E-state index contributed by atoms with van der Waals surface area (Å²) in [5.74, 6) is -0.359. The minimum atomic E-state index is -0.454. The first-order valence-electron chi connectivity index (χ1n) is 8.14. The van der Waals surface area contributed by atoms with E-state index < -0.39 is 5.82 Å². The lowest BCUT2D eigenvalue weighted by atomic mass is 9.97. The Hall–Kier alpha value is -3.03. The third-order valence-corrected chi connectivity index (χ3v) is 4.54. The van der Waals surface area contributed by atoms with Crippen molar-refractivity contribution in [3.63, 3.8) is 0 Å². The van der Waals surface area contributed by atoms with Crippen molar-refractivity contribution < 1.29 is 9.18 Å². The highest BCUT2D eigenvalue weighted by Gasteiger charge is 2.25. The van der Waals surface area contributed by atoms with Gasteiger partial charge in [0.15, 0.2) is 11.5 Å². The fourth-order valence-corrected chi connectivity index (χ4v) is 3.23. The van der Waals surface area contributed by atoms with E-state index in [2.05, 4.69) is 20.2 Å². The molecule has 1 aliphatic heterocycles. The maximum Gasteiger partial charge on any atom is 0.222 e. The number of nitrogens with zero attached hydrogens (tertiary/aromatic N) is 4. The molecule has 0 spiro atoms. The maximum atomic E-state index is 14.4. The summed E-state index contributed by atoms with van der Waals surface area (Å²) in [6.45, 7) is 1.25. The van der Waals surface area contributed by atoms with E-state index >= 15 is 0 Å². The van der Waals surface area contributed by atoms with Crippen LogP contribution in [0.1, 0.15) is 12.8 Å². The molecule has 3 N–H and O–H groups in total. The van der Waals surface area contributed by atoms with E-state index in [-0.39, 0.29) is 17.5 Å². The normalized spacial score (nSPS) is 17.8. The van der Waals surface area contributed by atoms with Gasteiger partial charge in [-0.1, -0.05) is 0 Å². The first kappa shape index (κ1) is 15.5. The van der Waals surface area contributed by atoms with E-state index in [1.54, 1.807) is 18.3 Å². The van der Waals surface area contributed by atoms with Gasteiger partial charge in [0, 0.05) is 24.7 Å². The molecular weight excluding hydrogens is 323 g/mol. The number of carbonyl (C=O) groups excluding carboxylic acids is 1. The predicted molar refractivity (Wildman–Crippen MR) is 91.2 cm³/mol. The third kappa shape index (κ3) is 2.79. The maximum absolute atomic E-state index is 14.4. The number of hydrogen-bond acceptors (Lipinski definition) is 5. The van der Waals surface area contributed by atoms with E-state index in [0.29, 0.717) is 29.1 Å². The Bertz CT molecular complexity index is 940. The van der Waals surface area contributed by atoms with Gasteiger partial charge in [0.2, 0.25) is 5.91 Å². The number of anilines is 1. The molecule has 4 heterocycles. The molecule has 0 aromatic carbocycles. The molecule has 8 heteroatoms. The van der Waals surface area contributed by atoms with Crippen molar-refractivity contribution in [3.05, 3.63) is 36.3 Å². The van der Waals surface area contributed by atoms with Crippen LogP contribution in [0, 0.1) is 11.7 Å². The predicted octanol–water partition coefficient (Wildman–Crippen LogP) is 1.86. The summed E-state index contributed by atoms with van der Waals surface area (Å²) in [6.07, 6.45) is 3.26. The van der Waals surface area contributed by atoms with Gasteiger partial charge in [0.25, 0.3) is 0 Å². The summed E-state index contributed by atoms with van der Waals surface area (Å²) in [5, 5.41) is 7.67. The topological polar surface area (TPSA) is 101 Å². The van der Waals surface area contributed by atoms with E-state index in [9.17, 15) is 9.18 Å². The molecule has 3 aromatic rings. The van der Waals surface area contributed by atoms with Gasteiger partial charge in [-0.3, -0.25) is 9.89 Å². The van der Waals surface area contributed by atoms with Gasteiger partial charge in [-0.2, -0.15) is 5.10 Å². The van der Waals surface area contributed by atoms with Gasteiger partial charge >= 0.3 is 0 Å². The van der Waals surface area contributed by atoms with Crippen LogP contribution in [0.2, 0.25) is 0 Å². The zero-order chi connectivity index (χ0) is 17.4. The lowest BCUT2D eigenvalue weighted by molar-refractivity contribution is -0.122. The number of aromatic amines is 1. The van der Waals surface area contributed by atoms with Crippen molar-refractivity contribution in [1.82, 2.24) is 20.2 Å². The highest BCUT2D eigenvalue weighted by molar-refractivity contribution is 5.89. The number of hydrogen-bond donors (Lipinski definition) is 2. The largest absolute Gasteiger partial charge is 0.369 e. The zero-order valence-electron chi connectivity index (χ0n) is 13.4. The number of halogens is 1. The fourth-order valence-electron chi connectivity index (χ4n) is 3.23. The van der Waals surface area contributed by atoms with Gasteiger partial charge in [-0.05, 0) is 37.1 Å². The number of primary amides is 1. The number of carbonyl (C=O) groups is 1. The SMILES string of the molecule is NC(=O)C1CCCN(c2ccc(F)c(-c3n[nH]c4ncccc34)n2)C1. The van der Waals surface area contributed by atoms with Crippen molar-refractivity contribution in [3.8, 4) is 11.4 Å². The second-order valence-electron chi connectivity index (χ2n) is 6.16. The molecule has 1 saturated heterocycles. The molecule has 0 bridgehead atoms. The van der Waals surface area contributed by atoms with Crippen molar-refractivity contribution in [1.29, 1.82) is 0 Å². The second kappa shape index (κ2) is 6.12. The highest BCUT2D eigenvalue weighted by atomic mass is 19.1. The Balaban J connectivity index is 1.73. The Morgan fingerprint density at radius 1 is 1.32 bits per heavy atom. The molecule has 0 radical (unpaired) electrons. The molecule has 0 saturated carbocycles. The average molecular weight is 340 g/mol. The van der Waals surface area contributed by atoms with Crippen molar-refractivity contribution in [2.24, 2.45) is 11.7 Å². The third-order valence-electron chi connectivity index (χ3n) is 4.54. The van der Waals surface area contributed by atoms with Crippen LogP contribution in [-0.4, -0.2) is 39.2 Å². The first-order chi connectivity index (χ1) is 12.1. The van der Waals surface area contributed by atoms with Crippen LogP contribution in [0.5, 0.6) is 0 Å². The zero-order valence-corrected chi connectivity index (χ0v) is 13.4. The Morgan fingerprint density at radius 2 is 2.20 bits per heavy atom. The number of aromatic nitrogens is 4. The van der Waals surface area contributed by atoms with Crippen LogP contribution in [0.3, 0.4) is 0 Å². The van der Waals surface area contributed by atoms with Gasteiger partial charge in [-0.15, -0.1) is 0 Å². The molecule has 1 amide bonds. The fraction of sp³-hybridized carbons (Fsp3) is 0.294. The monoisotopic (exact) mass is 340 g/mol. The van der Waals surface area contributed by atoms with Crippen LogP contribution >= 0.6 is 0 Å². The smallest absolute Gasteiger partial charge is 0.222 e. The summed E-state index contributed by atoms with van der Waals surface area (Å²) in [4.78, 5) is 22.1. The Labute approximate surface area is 143 Å². The van der Waals surface area contributed by atoms with Gasteiger partial charge < -0.3 is 10.6 Å². The van der Waals surface area contributed by atoms with E-state index in [1.165, 1.54) is 6.07 Å². The van der Waals surface area contributed by atoms with Crippen LogP contribution in [0.15, 0.2) is 30.5 Å². The molecule has 7 nitrogen and oxygen atoms in total. The van der Waals surface area contributed by atoms with Crippen LogP contribution in [0.25, 0.3) is 22.4 Å². The lowest BCUT2D eigenvalue weighted by Gasteiger charge is -2.32. The molecule has 25 heavy (non-hydrogen) atoms. The lowest BCUT2D eigenvalue weighted by Crippen LogP contribution is -2.41. The van der Waals surface area contributed by atoms with Gasteiger partial charge in [-0.25, -0.2) is 14.4 Å². The summed E-state index contributed by atoms with van der Waals surface area (Å²) < 4.78 is 14.4. The number of rotatable bonds is 3. The summed E-state index contributed by atoms with van der Waals surface area (Å²) in [7, 11) is 0. The van der Waals surface area contributed by atoms with Crippen molar-refractivity contribution in [2.45, 2.75) is 12.8 Å². The Morgan fingerprint density at radius 3 is 3.04 bits per heavy atom. The van der Waals surface area contributed by atoms with Crippen LogP contribution < -0.4 is 10.6 Å². The molecule has 1 unspecified atom stereocenters. The molecule has 4 rings (SSSR count). The van der Waals surface area contributed by atoms with E-state index in [0.717, 1.165) is 19.4 Å². The number of piperidine rings is 1. The number of H-pyrrole nitrogens is 1. The van der Waals surface area contributed by atoms with Gasteiger partial charge in [0.1, 0.15) is 17.2 Å². The van der Waals surface area contributed by atoms with E-state index in [1.807, 2.05) is 11.0 Å². The number of nitrogens with one attached hydrogen (secondary N) is 1. The molecule has 1 atom stereocenters.